The molecule has 0 unspecified atom stereocenters. The molecule has 6 heteroatoms. The van der Waals surface area contributed by atoms with Gasteiger partial charge in [-0.05, 0) is 30.3 Å². The third kappa shape index (κ3) is 4.46. The number of carbonyl (C=O) groups excluding carboxylic acids is 1. The summed E-state index contributed by atoms with van der Waals surface area (Å²) in [5.41, 5.74) is -0.0346. The van der Waals surface area contributed by atoms with Crippen molar-refractivity contribution >= 4 is 23.4 Å². The zero-order chi connectivity index (χ0) is 15.2. The molecule has 0 atom stereocenters. The van der Waals surface area contributed by atoms with Crippen LogP contribution in [0.2, 0.25) is 0 Å². The quantitative estimate of drug-likeness (QED) is 0.856. The van der Waals surface area contributed by atoms with Crippen molar-refractivity contribution < 1.29 is 18.3 Å². The summed E-state index contributed by atoms with van der Waals surface area (Å²) in [5.74, 6) is -1.03. The van der Waals surface area contributed by atoms with E-state index in [0.717, 1.165) is 17.0 Å². The average Bonchev–Trinajstić information content (AvgIpc) is 2.48. The summed E-state index contributed by atoms with van der Waals surface area (Å²) in [6, 6.07) is 10.3. The van der Waals surface area contributed by atoms with Gasteiger partial charge in [0.1, 0.15) is 17.4 Å². The molecule has 21 heavy (non-hydrogen) atoms. The van der Waals surface area contributed by atoms with Crippen molar-refractivity contribution in [3.8, 4) is 5.75 Å². The van der Waals surface area contributed by atoms with Crippen molar-refractivity contribution in [3.05, 3.63) is 54.1 Å². The maximum atomic E-state index is 13.4. The summed E-state index contributed by atoms with van der Waals surface area (Å²) in [4.78, 5) is 12.6. The van der Waals surface area contributed by atoms with Crippen LogP contribution in [0.5, 0.6) is 5.75 Å². The normalized spacial score (nSPS) is 10.2. The maximum Gasteiger partial charge on any atom is 0.234 e. The van der Waals surface area contributed by atoms with Crippen LogP contribution in [0.15, 0.2) is 47.4 Å². The average molecular weight is 309 g/mol. The zero-order valence-corrected chi connectivity index (χ0v) is 12.0. The molecule has 0 fully saturated rings. The Morgan fingerprint density at radius 1 is 1.24 bits per heavy atom. The van der Waals surface area contributed by atoms with Crippen molar-refractivity contribution in [2.24, 2.45) is 0 Å². The summed E-state index contributed by atoms with van der Waals surface area (Å²) in [6.07, 6.45) is 0. The van der Waals surface area contributed by atoms with Crippen LogP contribution in [0.1, 0.15) is 0 Å². The molecule has 0 spiro atoms. The lowest BCUT2D eigenvalue weighted by Gasteiger charge is -2.07. The van der Waals surface area contributed by atoms with Crippen LogP contribution in [-0.2, 0) is 4.79 Å². The molecule has 0 radical (unpaired) electrons. The van der Waals surface area contributed by atoms with Gasteiger partial charge in [0.2, 0.25) is 5.91 Å². The lowest BCUT2D eigenvalue weighted by molar-refractivity contribution is -0.113. The second-order valence-corrected chi connectivity index (χ2v) is 5.19. The first-order valence-corrected chi connectivity index (χ1v) is 7.09. The van der Waals surface area contributed by atoms with E-state index in [-0.39, 0.29) is 17.3 Å². The minimum Gasteiger partial charge on any atom is -0.497 e. The summed E-state index contributed by atoms with van der Waals surface area (Å²) < 4.78 is 31.2. The number of rotatable bonds is 5. The molecule has 2 rings (SSSR count). The van der Waals surface area contributed by atoms with Crippen molar-refractivity contribution in [2.45, 2.75) is 4.90 Å². The number of methoxy groups -OCH3 is 1. The molecule has 0 aliphatic carbocycles. The van der Waals surface area contributed by atoms with Crippen molar-refractivity contribution in [1.82, 2.24) is 0 Å². The molecule has 2 aromatic carbocycles. The van der Waals surface area contributed by atoms with Crippen molar-refractivity contribution in [1.29, 1.82) is 0 Å². The highest BCUT2D eigenvalue weighted by Crippen LogP contribution is 2.23. The molecule has 0 bridgehead atoms. The number of benzene rings is 2. The highest BCUT2D eigenvalue weighted by molar-refractivity contribution is 8.00. The molecule has 0 heterocycles. The fraction of sp³-hybridized carbons (Fsp3) is 0.133. The topological polar surface area (TPSA) is 38.3 Å². The number of thioether (sulfide) groups is 1. The molecule has 110 valence electrons. The van der Waals surface area contributed by atoms with Gasteiger partial charge in [-0.15, -0.1) is 11.8 Å². The van der Waals surface area contributed by atoms with Crippen LogP contribution in [0.4, 0.5) is 14.5 Å². The second-order valence-electron chi connectivity index (χ2n) is 4.14. The Labute approximate surface area is 125 Å². The Morgan fingerprint density at radius 2 is 2.05 bits per heavy atom. The minimum absolute atomic E-state index is 0.0346. The first-order chi connectivity index (χ1) is 10.1. The molecule has 1 N–H and O–H groups in total. The fourth-order valence-electron chi connectivity index (χ4n) is 1.62. The van der Waals surface area contributed by atoms with Gasteiger partial charge in [0, 0.05) is 11.0 Å². The molecule has 0 saturated heterocycles. The van der Waals surface area contributed by atoms with Crippen LogP contribution in [-0.4, -0.2) is 18.8 Å². The van der Waals surface area contributed by atoms with Gasteiger partial charge in [0.05, 0.1) is 18.6 Å². The SMILES string of the molecule is COc1cccc(SCC(=O)Nc2ccc(F)cc2F)c1. The smallest absolute Gasteiger partial charge is 0.234 e. The number of carbonyl (C=O) groups is 1. The lowest BCUT2D eigenvalue weighted by atomic mass is 10.3. The van der Waals surface area contributed by atoms with E-state index in [2.05, 4.69) is 5.32 Å². The van der Waals surface area contributed by atoms with Crippen molar-refractivity contribution in [2.75, 3.05) is 18.2 Å². The predicted molar refractivity (Wildman–Crippen MR) is 78.7 cm³/mol. The molecule has 1 amide bonds. The molecule has 0 saturated carbocycles. The molecule has 0 aliphatic heterocycles. The van der Waals surface area contributed by atoms with E-state index in [1.807, 2.05) is 12.1 Å². The van der Waals surface area contributed by atoms with E-state index in [4.69, 9.17) is 4.74 Å². The second kappa shape index (κ2) is 7.08. The zero-order valence-electron chi connectivity index (χ0n) is 11.2. The molecule has 0 aromatic heterocycles. The van der Waals surface area contributed by atoms with E-state index in [1.54, 1.807) is 19.2 Å². The highest BCUT2D eigenvalue weighted by atomic mass is 32.2. The summed E-state index contributed by atoms with van der Waals surface area (Å²) in [5, 5.41) is 2.40. The van der Waals surface area contributed by atoms with Crippen LogP contribution in [0.3, 0.4) is 0 Å². The summed E-state index contributed by atoms with van der Waals surface area (Å²) in [7, 11) is 1.56. The third-order valence-corrected chi connectivity index (χ3v) is 3.61. The summed E-state index contributed by atoms with van der Waals surface area (Å²) >= 11 is 1.30. The van der Waals surface area contributed by atoms with Gasteiger partial charge < -0.3 is 10.1 Å². The van der Waals surface area contributed by atoms with Crippen molar-refractivity contribution in [3.63, 3.8) is 0 Å². The molecule has 2 aromatic rings. The molecule has 3 nitrogen and oxygen atoms in total. The number of anilines is 1. The Bertz CT molecular complexity index is 649. The van der Waals surface area contributed by atoms with Crippen LogP contribution < -0.4 is 10.1 Å². The number of amides is 1. The number of hydrogen-bond donors (Lipinski definition) is 1. The van der Waals surface area contributed by atoms with Gasteiger partial charge in [0.25, 0.3) is 0 Å². The van der Waals surface area contributed by atoms with Crippen LogP contribution >= 0.6 is 11.8 Å². The lowest BCUT2D eigenvalue weighted by Crippen LogP contribution is -2.15. The van der Waals surface area contributed by atoms with Gasteiger partial charge in [0.15, 0.2) is 0 Å². The number of nitrogens with one attached hydrogen (secondary N) is 1. The van der Waals surface area contributed by atoms with Gasteiger partial charge in [-0.2, -0.15) is 0 Å². The number of hydrogen-bond acceptors (Lipinski definition) is 3. The van der Waals surface area contributed by atoms with E-state index >= 15 is 0 Å². The Balaban J connectivity index is 1.92. The van der Waals surface area contributed by atoms with Gasteiger partial charge in [-0.3, -0.25) is 4.79 Å². The number of ether oxygens (including phenoxy) is 1. The predicted octanol–water partition coefficient (Wildman–Crippen LogP) is 3.70. The first kappa shape index (κ1) is 15.3. The number of halogens is 2. The monoisotopic (exact) mass is 309 g/mol. The van der Waals surface area contributed by atoms with Gasteiger partial charge in [-0.1, -0.05) is 6.07 Å². The Morgan fingerprint density at radius 3 is 2.76 bits per heavy atom. The standard InChI is InChI=1S/C15H13F2NO2S/c1-20-11-3-2-4-12(8-11)21-9-15(19)18-14-6-5-10(16)7-13(14)17/h2-8H,9H2,1H3,(H,18,19). The van der Waals surface area contributed by atoms with E-state index in [0.29, 0.717) is 5.75 Å². The largest absolute Gasteiger partial charge is 0.497 e. The Hall–Kier alpha value is -2.08. The Kier molecular flexibility index (Phi) is 5.16. The molecular formula is C15H13F2NO2S. The first-order valence-electron chi connectivity index (χ1n) is 6.10. The van der Waals surface area contributed by atoms with Crippen LogP contribution in [0.25, 0.3) is 0 Å². The molecular weight excluding hydrogens is 296 g/mol. The highest BCUT2D eigenvalue weighted by Gasteiger charge is 2.08. The summed E-state index contributed by atoms with van der Waals surface area (Å²) in [6.45, 7) is 0. The van der Waals surface area contributed by atoms with Crippen LogP contribution in [0, 0.1) is 11.6 Å². The fourth-order valence-corrected chi connectivity index (χ4v) is 2.36. The van der Waals surface area contributed by atoms with E-state index in [9.17, 15) is 13.6 Å². The van der Waals surface area contributed by atoms with Gasteiger partial charge in [-0.25, -0.2) is 8.78 Å². The van der Waals surface area contributed by atoms with E-state index < -0.39 is 11.6 Å². The van der Waals surface area contributed by atoms with E-state index in [1.165, 1.54) is 17.8 Å². The molecule has 0 aliphatic rings. The minimum atomic E-state index is -0.797. The van der Waals surface area contributed by atoms with Gasteiger partial charge >= 0.3 is 0 Å². The maximum absolute atomic E-state index is 13.4. The third-order valence-electron chi connectivity index (χ3n) is 2.62.